The van der Waals surface area contributed by atoms with Crippen LogP contribution in [0.15, 0.2) is 12.4 Å². The molecular formula is C15H20N4. The number of hydrogen-bond donors (Lipinski definition) is 1. The Morgan fingerprint density at radius 2 is 1.95 bits per heavy atom. The number of aryl methyl sites for hydroxylation is 2. The molecule has 2 heterocycles. The quantitative estimate of drug-likeness (QED) is 0.916. The fourth-order valence-electron chi connectivity index (χ4n) is 2.72. The summed E-state index contributed by atoms with van der Waals surface area (Å²) in [6.07, 6.45) is 4.04. The van der Waals surface area contributed by atoms with Gasteiger partial charge in [0.15, 0.2) is 5.65 Å². The van der Waals surface area contributed by atoms with Gasteiger partial charge in [0.1, 0.15) is 12.1 Å². The van der Waals surface area contributed by atoms with Crippen LogP contribution < -0.4 is 5.32 Å². The Balaban J connectivity index is 2.09. The van der Waals surface area contributed by atoms with Gasteiger partial charge in [-0.2, -0.15) is 0 Å². The summed E-state index contributed by atoms with van der Waals surface area (Å²) in [5, 5.41) is 4.70. The Labute approximate surface area is 113 Å². The van der Waals surface area contributed by atoms with Crippen LogP contribution in [0.2, 0.25) is 0 Å². The summed E-state index contributed by atoms with van der Waals surface area (Å²) in [6, 6.07) is 2.09. The maximum atomic E-state index is 4.50. The van der Waals surface area contributed by atoms with Crippen molar-refractivity contribution in [1.29, 1.82) is 0 Å². The van der Waals surface area contributed by atoms with E-state index in [4.69, 9.17) is 0 Å². The van der Waals surface area contributed by atoms with E-state index in [1.54, 1.807) is 6.33 Å². The second-order valence-corrected chi connectivity index (χ2v) is 5.94. The minimum absolute atomic E-state index is 0.221. The van der Waals surface area contributed by atoms with Gasteiger partial charge in [-0.1, -0.05) is 13.8 Å². The fraction of sp³-hybridized carbons (Fsp3) is 0.533. The molecule has 0 aromatic carbocycles. The van der Waals surface area contributed by atoms with Crippen molar-refractivity contribution in [3.8, 4) is 0 Å². The first-order chi connectivity index (χ1) is 9.02. The summed E-state index contributed by atoms with van der Waals surface area (Å²) in [4.78, 5) is 13.2. The summed E-state index contributed by atoms with van der Waals surface area (Å²) in [6.45, 7) is 8.62. The van der Waals surface area contributed by atoms with Gasteiger partial charge in [0, 0.05) is 11.2 Å². The summed E-state index contributed by atoms with van der Waals surface area (Å²) in [5.74, 6) is 1.54. The molecule has 0 amide bonds. The number of fused-ring (bicyclic) bond motifs is 1. The number of pyridine rings is 1. The van der Waals surface area contributed by atoms with Crippen molar-refractivity contribution in [2.45, 2.75) is 46.1 Å². The predicted molar refractivity (Wildman–Crippen MR) is 77.2 cm³/mol. The Bertz CT molecular complexity index is 629. The van der Waals surface area contributed by atoms with Crippen LogP contribution in [0, 0.1) is 19.8 Å². The van der Waals surface area contributed by atoms with Crippen LogP contribution in [0.3, 0.4) is 0 Å². The van der Waals surface area contributed by atoms with Crippen molar-refractivity contribution in [3.05, 3.63) is 23.7 Å². The van der Waals surface area contributed by atoms with Gasteiger partial charge in [0.2, 0.25) is 0 Å². The topological polar surface area (TPSA) is 50.7 Å². The van der Waals surface area contributed by atoms with Crippen LogP contribution in [0.4, 0.5) is 5.82 Å². The predicted octanol–water partition coefficient (Wildman–Crippen LogP) is 3.24. The highest BCUT2D eigenvalue weighted by atomic mass is 15.1. The van der Waals surface area contributed by atoms with Crippen molar-refractivity contribution in [3.63, 3.8) is 0 Å². The molecule has 1 N–H and O–H groups in total. The average molecular weight is 256 g/mol. The monoisotopic (exact) mass is 256 g/mol. The summed E-state index contributed by atoms with van der Waals surface area (Å²) >= 11 is 0. The van der Waals surface area contributed by atoms with E-state index in [1.807, 2.05) is 6.92 Å². The van der Waals surface area contributed by atoms with Gasteiger partial charge >= 0.3 is 0 Å². The van der Waals surface area contributed by atoms with E-state index in [9.17, 15) is 0 Å². The molecule has 19 heavy (non-hydrogen) atoms. The molecule has 0 atom stereocenters. The highest BCUT2D eigenvalue weighted by molar-refractivity contribution is 5.89. The lowest BCUT2D eigenvalue weighted by Gasteiger charge is -2.23. The third kappa shape index (κ3) is 2.05. The summed E-state index contributed by atoms with van der Waals surface area (Å²) < 4.78 is 0. The zero-order chi connectivity index (χ0) is 13.6. The van der Waals surface area contributed by atoms with E-state index in [2.05, 4.69) is 47.1 Å². The Morgan fingerprint density at radius 3 is 2.58 bits per heavy atom. The molecule has 0 radical (unpaired) electrons. The van der Waals surface area contributed by atoms with Crippen molar-refractivity contribution < 1.29 is 0 Å². The maximum absolute atomic E-state index is 4.50. The maximum Gasteiger partial charge on any atom is 0.165 e. The van der Waals surface area contributed by atoms with E-state index in [-0.39, 0.29) is 5.54 Å². The molecule has 1 aliphatic rings. The van der Waals surface area contributed by atoms with Crippen LogP contribution in [-0.2, 0) is 0 Å². The standard InChI is InChI=1S/C15H20N4/c1-9(2)15(5-6-15)19-14-12-10(3)7-11(4)18-13(12)16-8-17-14/h7-9H,5-6H2,1-4H3,(H,16,17,18,19). The van der Waals surface area contributed by atoms with Gasteiger partial charge < -0.3 is 5.32 Å². The smallest absolute Gasteiger partial charge is 0.165 e. The van der Waals surface area contributed by atoms with Gasteiger partial charge in [0.05, 0.1) is 5.39 Å². The minimum Gasteiger partial charge on any atom is -0.364 e. The number of anilines is 1. The number of nitrogens with one attached hydrogen (secondary N) is 1. The van der Waals surface area contributed by atoms with Crippen LogP contribution in [-0.4, -0.2) is 20.5 Å². The lowest BCUT2D eigenvalue weighted by molar-refractivity contribution is 0.511. The van der Waals surface area contributed by atoms with Crippen LogP contribution >= 0.6 is 0 Å². The molecule has 2 aromatic rings. The van der Waals surface area contributed by atoms with Crippen LogP contribution in [0.1, 0.15) is 37.9 Å². The molecular weight excluding hydrogens is 236 g/mol. The lowest BCUT2D eigenvalue weighted by Crippen LogP contribution is -2.28. The molecule has 1 aliphatic carbocycles. The zero-order valence-corrected chi connectivity index (χ0v) is 12.0. The van der Waals surface area contributed by atoms with Crippen molar-refractivity contribution >= 4 is 16.9 Å². The van der Waals surface area contributed by atoms with Crippen molar-refractivity contribution in [2.24, 2.45) is 5.92 Å². The van der Waals surface area contributed by atoms with Gasteiger partial charge in [-0.15, -0.1) is 0 Å². The second kappa shape index (κ2) is 4.15. The third-order valence-electron chi connectivity index (χ3n) is 4.19. The van der Waals surface area contributed by atoms with Crippen molar-refractivity contribution in [1.82, 2.24) is 15.0 Å². The summed E-state index contributed by atoms with van der Waals surface area (Å²) in [5.41, 5.74) is 3.19. The SMILES string of the molecule is Cc1cc(C)c2c(NC3(C(C)C)CC3)ncnc2n1. The molecule has 0 aliphatic heterocycles. The average Bonchev–Trinajstić information content (AvgIpc) is 3.09. The molecule has 2 aromatic heterocycles. The van der Waals surface area contributed by atoms with Crippen LogP contribution in [0.25, 0.3) is 11.0 Å². The largest absolute Gasteiger partial charge is 0.364 e. The van der Waals surface area contributed by atoms with Crippen LogP contribution in [0.5, 0.6) is 0 Å². The first-order valence-electron chi connectivity index (χ1n) is 6.89. The highest BCUT2D eigenvalue weighted by Crippen LogP contribution is 2.45. The van der Waals surface area contributed by atoms with Gasteiger partial charge in [0.25, 0.3) is 0 Å². The van der Waals surface area contributed by atoms with E-state index < -0.39 is 0 Å². The molecule has 100 valence electrons. The molecule has 0 bridgehead atoms. The molecule has 3 rings (SSSR count). The first-order valence-corrected chi connectivity index (χ1v) is 6.89. The summed E-state index contributed by atoms with van der Waals surface area (Å²) in [7, 11) is 0. The minimum atomic E-state index is 0.221. The Morgan fingerprint density at radius 1 is 1.21 bits per heavy atom. The second-order valence-electron chi connectivity index (χ2n) is 5.94. The first kappa shape index (κ1) is 12.3. The van der Waals surface area contributed by atoms with Gasteiger partial charge in [-0.05, 0) is 44.2 Å². The van der Waals surface area contributed by atoms with Gasteiger partial charge in [-0.3, -0.25) is 0 Å². The van der Waals surface area contributed by atoms with E-state index >= 15 is 0 Å². The van der Waals surface area contributed by atoms with Crippen molar-refractivity contribution in [2.75, 3.05) is 5.32 Å². The normalized spacial score (nSPS) is 16.9. The lowest BCUT2D eigenvalue weighted by atomic mass is 10.0. The molecule has 0 unspecified atom stereocenters. The molecule has 1 saturated carbocycles. The zero-order valence-electron chi connectivity index (χ0n) is 12.0. The highest BCUT2D eigenvalue weighted by Gasteiger charge is 2.45. The number of aromatic nitrogens is 3. The molecule has 0 saturated heterocycles. The van der Waals surface area contributed by atoms with E-state index in [1.165, 1.54) is 18.4 Å². The van der Waals surface area contributed by atoms with E-state index in [0.717, 1.165) is 22.5 Å². The molecule has 0 spiro atoms. The number of nitrogens with zero attached hydrogens (tertiary/aromatic N) is 3. The molecule has 1 fully saturated rings. The molecule has 4 heteroatoms. The third-order valence-corrected chi connectivity index (χ3v) is 4.19. The number of rotatable bonds is 3. The number of hydrogen-bond acceptors (Lipinski definition) is 4. The van der Waals surface area contributed by atoms with Gasteiger partial charge in [-0.25, -0.2) is 15.0 Å². The fourth-order valence-corrected chi connectivity index (χ4v) is 2.72. The molecule has 4 nitrogen and oxygen atoms in total. The Hall–Kier alpha value is -1.71. The van der Waals surface area contributed by atoms with E-state index in [0.29, 0.717) is 5.92 Å². The Kier molecular flexibility index (Phi) is 2.69.